The molecule has 0 aliphatic rings. The van der Waals surface area contributed by atoms with Gasteiger partial charge in [0.15, 0.2) is 0 Å². The van der Waals surface area contributed by atoms with Gasteiger partial charge in [0.25, 0.3) is 0 Å². The Morgan fingerprint density at radius 2 is 2.10 bits per heavy atom. The van der Waals surface area contributed by atoms with Gasteiger partial charge in [-0.1, -0.05) is 12.1 Å². The average Bonchev–Trinajstić information content (AvgIpc) is 2.42. The first-order chi connectivity index (χ1) is 9.49. The van der Waals surface area contributed by atoms with Gasteiger partial charge in [0.1, 0.15) is 6.61 Å². The zero-order chi connectivity index (χ0) is 14.6. The van der Waals surface area contributed by atoms with E-state index in [1.165, 1.54) is 0 Å². The summed E-state index contributed by atoms with van der Waals surface area (Å²) >= 11 is 0. The third kappa shape index (κ3) is 3.91. The molecule has 0 spiro atoms. The van der Waals surface area contributed by atoms with Gasteiger partial charge < -0.3 is 10.1 Å². The van der Waals surface area contributed by atoms with Gasteiger partial charge in [-0.25, -0.2) is 0 Å². The normalized spacial score (nSPS) is 13.6. The van der Waals surface area contributed by atoms with Crippen molar-refractivity contribution in [1.82, 2.24) is 10.3 Å². The summed E-state index contributed by atoms with van der Waals surface area (Å²) in [5.74, 6) is 0. The van der Waals surface area contributed by atoms with Gasteiger partial charge in [-0.15, -0.1) is 0 Å². The molecule has 0 fully saturated rings. The number of hydrogen-bond donors (Lipinski definition) is 1. The third-order valence-electron chi connectivity index (χ3n) is 2.93. The first-order valence-corrected chi connectivity index (χ1v) is 6.16. The van der Waals surface area contributed by atoms with E-state index in [9.17, 15) is 13.2 Å². The Hall–Kier alpha value is -1.66. The van der Waals surface area contributed by atoms with Crippen molar-refractivity contribution in [2.24, 2.45) is 0 Å². The number of halogens is 3. The Labute approximate surface area is 114 Å². The van der Waals surface area contributed by atoms with Crippen LogP contribution < -0.4 is 5.32 Å². The predicted molar refractivity (Wildman–Crippen MR) is 70.4 cm³/mol. The Morgan fingerprint density at radius 1 is 1.30 bits per heavy atom. The predicted octanol–water partition coefficient (Wildman–Crippen LogP) is 3.07. The molecule has 1 unspecified atom stereocenters. The molecule has 3 nitrogen and oxygen atoms in total. The zero-order valence-corrected chi connectivity index (χ0v) is 10.9. The molecule has 0 saturated carbocycles. The van der Waals surface area contributed by atoms with E-state index < -0.39 is 12.8 Å². The fourth-order valence-corrected chi connectivity index (χ4v) is 1.95. The molecule has 1 heterocycles. The second kappa shape index (κ2) is 6.19. The molecule has 108 valence electrons. The lowest BCUT2D eigenvalue weighted by Gasteiger charge is -2.18. The number of fused-ring (bicyclic) bond motifs is 1. The summed E-state index contributed by atoms with van der Waals surface area (Å²) in [7, 11) is 1.69. The van der Waals surface area contributed by atoms with Crippen LogP contribution in [0.2, 0.25) is 0 Å². The summed E-state index contributed by atoms with van der Waals surface area (Å²) in [6.45, 7) is -1.28. The van der Waals surface area contributed by atoms with E-state index in [4.69, 9.17) is 4.74 Å². The van der Waals surface area contributed by atoms with E-state index in [-0.39, 0.29) is 12.6 Å². The summed E-state index contributed by atoms with van der Waals surface area (Å²) < 4.78 is 40.9. The van der Waals surface area contributed by atoms with Crippen LogP contribution in [0.3, 0.4) is 0 Å². The number of benzene rings is 1. The summed E-state index contributed by atoms with van der Waals surface area (Å²) in [5.41, 5.74) is 1.72. The minimum Gasteiger partial charge on any atom is -0.370 e. The van der Waals surface area contributed by atoms with Crippen LogP contribution in [0, 0.1) is 0 Å². The van der Waals surface area contributed by atoms with Crippen molar-refractivity contribution < 1.29 is 17.9 Å². The summed E-state index contributed by atoms with van der Waals surface area (Å²) in [5, 5.41) is 3.90. The summed E-state index contributed by atoms with van der Waals surface area (Å²) in [6, 6.07) is 9.03. The molecule has 1 aromatic carbocycles. The third-order valence-corrected chi connectivity index (χ3v) is 2.93. The molecule has 2 aromatic rings. The number of alkyl halides is 3. The smallest absolute Gasteiger partial charge is 0.370 e. The van der Waals surface area contributed by atoms with Crippen molar-refractivity contribution in [3.63, 3.8) is 0 Å². The van der Waals surface area contributed by atoms with Gasteiger partial charge in [0.05, 0.1) is 18.2 Å². The number of rotatable bonds is 5. The van der Waals surface area contributed by atoms with E-state index in [2.05, 4.69) is 10.3 Å². The lowest BCUT2D eigenvalue weighted by molar-refractivity contribution is -0.175. The molecular formula is C14H15F3N2O. The number of nitrogens with one attached hydrogen (secondary N) is 1. The lowest BCUT2D eigenvalue weighted by atomic mass is 10.0. The van der Waals surface area contributed by atoms with Crippen LogP contribution in [0.5, 0.6) is 0 Å². The molecular weight excluding hydrogens is 269 g/mol. The quantitative estimate of drug-likeness (QED) is 0.916. The molecule has 1 aromatic heterocycles. The maximum Gasteiger partial charge on any atom is 0.411 e. The highest BCUT2D eigenvalue weighted by atomic mass is 19.4. The Balaban J connectivity index is 2.09. The van der Waals surface area contributed by atoms with Crippen molar-refractivity contribution in [2.75, 3.05) is 20.3 Å². The fourth-order valence-electron chi connectivity index (χ4n) is 1.95. The van der Waals surface area contributed by atoms with Crippen LogP contribution >= 0.6 is 0 Å². The van der Waals surface area contributed by atoms with Crippen molar-refractivity contribution in [1.29, 1.82) is 0 Å². The van der Waals surface area contributed by atoms with E-state index in [1.54, 1.807) is 13.2 Å². The standard InChI is InChI=1S/C14H15F3N2O/c1-18-13(8-20-9-14(15,16)17)11-4-5-12-10(7-11)3-2-6-19-12/h2-7,13,18H,8-9H2,1H3. The number of hydrogen-bond acceptors (Lipinski definition) is 3. The topological polar surface area (TPSA) is 34.1 Å². The maximum atomic E-state index is 12.1. The number of likely N-dealkylation sites (N-methyl/N-ethyl adjacent to an activating group) is 1. The maximum absolute atomic E-state index is 12.1. The summed E-state index contributed by atoms with van der Waals surface area (Å²) in [6.07, 6.45) is -2.60. The van der Waals surface area contributed by atoms with E-state index >= 15 is 0 Å². The van der Waals surface area contributed by atoms with Crippen LogP contribution in [0.15, 0.2) is 36.5 Å². The lowest BCUT2D eigenvalue weighted by Crippen LogP contribution is -2.25. The highest BCUT2D eigenvalue weighted by Gasteiger charge is 2.28. The van der Waals surface area contributed by atoms with Gasteiger partial charge >= 0.3 is 6.18 Å². The van der Waals surface area contributed by atoms with Crippen molar-refractivity contribution in [3.8, 4) is 0 Å². The van der Waals surface area contributed by atoms with Gasteiger partial charge in [-0.3, -0.25) is 4.98 Å². The molecule has 1 atom stereocenters. The minimum atomic E-state index is -4.30. The first kappa shape index (κ1) is 14.7. The van der Waals surface area contributed by atoms with Crippen LogP contribution in [-0.2, 0) is 4.74 Å². The molecule has 0 saturated heterocycles. The van der Waals surface area contributed by atoms with Gasteiger partial charge in [-0.05, 0) is 30.8 Å². The van der Waals surface area contributed by atoms with Crippen molar-refractivity contribution in [3.05, 3.63) is 42.1 Å². The zero-order valence-electron chi connectivity index (χ0n) is 10.9. The second-order valence-electron chi connectivity index (χ2n) is 4.43. The summed E-state index contributed by atoms with van der Waals surface area (Å²) in [4.78, 5) is 4.20. The van der Waals surface area contributed by atoms with Crippen LogP contribution in [0.4, 0.5) is 13.2 Å². The SMILES string of the molecule is CNC(COCC(F)(F)F)c1ccc2ncccc2c1. The number of pyridine rings is 1. The number of ether oxygens (including phenoxy) is 1. The highest BCUT2D eigenvalue weighted by Crippen LogP contribution is 2.20. The molecule has 2 rings (SSSR count). The molecule has 1 N–H and O–H groups in total. The van der Waals surface area contributed by atoms with Crippen LogP contribution in [0.1, 0.15) is 11.6 Å². The minimum absolute atomic E-state index is 0.0399. The monoisotopic (exact) mass is 284 g/mol. The largest absolute Gasteiger partial charge is 0.411 e. The van der Waals surface area contributed by atoms with Crippen molar-refractivity contribution >= 4 is 10.9 Å². The van der Waals surface area contributed by atoms with Crippen LogP contribution in [-0.4, -0.2) is 31.4 Å². The Bertz CT molecular complexity index is 572. The molecule has 0 amide bonds. The first-order valence-electron chi connectivity index (χ1n) is 6.16. The van der Waals surface area contributed by atoms with Gasteiger partial charge in [-0.2, -0.15) is 13.2 Å². The van der Waals surface area contributed by atoms with Gasteiger partial charge in [0, 0.05) is 11.6 Å². The van der Waals surface area contributed by atoms with E-state index in [0.29, 0.717) is 0 Å². The molecule has 0 aliphatic heterocycles. The molecule has 0 aliphatic carbocycles. The number of aromatic nitrogens is 1. The van der Waals surface area contributed by atoms with Crippen molar-refractivity contribution in [2.45, 2.75) is 12.2 Å². The van der Waals surface area contributed by atoms with E-state index in [1.807, 2.05) is 30.3 Å². The molecule has 20 heavy (non-hydrogen) atoms. The Morgan fingerprint density at radius 3 is 2.80 bits per heavy atom. The molecule has 0 bridgehead atoms. The molecule has 6 heteroatoms. The van der Waals surface area contributed by atoms with E-state index in [0.717, 1.165) is 16.5 Å². The average molecular weight is 284 g/mol. The number of nitrogens with zero attached hydrogens (tertiary/aromatic N) is 1. The van der Waals surface area contributed by atoms with Gasteiger partial charge in [0.2, 0.25) is 0 Å². The fraction of sp³-hybridized carbons (Fsp3) is 0.357. The van der Waals surface area contributed by atoms with Crippen LogP contribution in [0.25, 0.3) is 10.9 Å². The Kier molecular flexibility index (Phi) is 4.57. The second-order valence-corrected chi connectivity index (χ2v) is 4.43. The molecule has 0 radical (unpaired) electrons. The highest BCUT2D eigenvalue weighted by molar-refractivity contribution is 5.79.